The molecular weight excluding hydrogens is 1030 g/mol. The van der Waals surface area contributed by atoms with Crippen LogP contribution in [0.1, 0.15) is 89.5 Å². The highest BCUT2D eigenvalue weighted by atomic mass is 15.2. The summed E-state index contributed by atoms with van der Waals surface area (Å²) in [5.41, 5.74) is 29.4. The first kappa shape index (κ1) is 55.0. The molecule has 6 aromatic heterocycles. The number of aromatic nitrogens is 6. The number of rotatable bonds is 12. The number of hydrogen-bond acceptors (Lipinski definition) is 10. The number of anilines is 12. The maximum atomic E-state index is 5.07. The predicted octanol–water partition coefficient (Wildman–Crippen LogP) is 19.8. The van der Waals surface area contributed by atoms with Crippen molar-refractivity contribution in [3.05, 3.63) is 236 Å². The topological polar surface area (TPSA) is 90.3 Å². The molecule has 0 radical (unpaired) electrons. The molecule has 10 heteroatoms. The molecule has 12 aromatic rings. The zero-order valence-electron chi connectivity index (χ0n) is 51.3. The zero-order valence-corrected chi connectivity index (χ0v) is 51.3. The van der Waals surface area contributed by atoms with Crippen LogP contribution in [0.4, 0.5) is 68.2 Å². The lowest BCUT2D eigenvalue weighted by molar-refractivity contribution is 1.10. The third kappa shape index (κ3) is 8.85. The van der Waals surface area contributed by atoms with Crippen molar-refractivity contribution >= 4 is 101 Å². The Kier molecular flexibility index (Phi) is 14.0. The Morgan fingerprint density at radius 2 is 0.452 bits per heavy atom. The first-order chi connectivity index (χ1) is 40.4. The van der Waals surface area contributed by atoms with Gasteiger partial charge in [-0.25, -0.2) is 0 Å². The Morgan fingerprint density at radius 3 is 0.679 bits per heavy atom. The van der Waals surface area contributed by atoms with E-state index in [1.54, 1.807) is 0 Å². The Bertz CT molecular complexity index is 3670. The number of para-hydroxylation sites is 2. The first-order valence-electron chi connectivity index (χ1n) is 29.0. The molecule has 0 saturated heterocycles. The summed E-state index contributed by atoms with van der Waals surface area (Å²) in [5, 5.41) is 6.58. The Morgan fingerprint density at radius 1 is 0.238 bits per heavy atom. The van der Waals surface area contributed by atoms with Gasteiger partial charge in [0.15, 0.2) is 0 Å². The molecule has 0 atom stereocenters. The highest BCUT2D eigenvalue weighted by Gasteiger charge is 2.34. The van der Waals surface area contributed by atoms with Crippen molar-refractivity contribution in [2.45, 2.75) is 111 Å². The number of hydrogen-bond donors (Lipinski definition) is 0. The average Bonchev–Trinajstić information content (AvgIpc) is 1.34. The maximum absolute atomic E-state index is 5.07. The van der Waals surface area contributed by atoms with Crippen molar-refractivity contribution < 1.29 is 0 Å². The average molecular weight is 1100 g/mol. The molecule has 418 valence electrons. The van der Waals surface area contributed by atoms with E-state index in [-0.39, 0.29) is 0 Å². The van der Waals surface area contributed by atoms with Crippen LogP contribution in [-0.2, 0) is 0 Å². The van der Waals surface area contributed by atoms with Gasteiger partial charge in [-0.15, -0.1) is 0 Å². The molecule has 0 aliphatic heterocycles. The minimum atomic E-state index is 0.917. The van der Waals surface area contributed by atoms with Gasteiger partial charge in [0.2, 0.25) is 0 Å². The second kappa shape index (κ2) is 21.3. The zero-order chi connectivity index (χ0) is 59.2. The molecular formula is C74H72N10. The van der Waals surface area contributed by atoms with Crippen LogP contribution in [0.3, 0.4) is 0 Å². The Balaban J connectivity index is 1.39. The summed E-state index contributed by atoms with van der Waals surface area (Å²) in [6.07, 6.45) is 15.7. The van der Waals surface area contributed by atoms with Gasteiger partial charge < -0.3 is 19.6 Å². The first-order valence-corrected chi connectivity index (χ1v) is 29.0. The molecule has 12 rings (SSSR count). The van der Waals surface area contributed by atoms with Crippen LogP contribution in [0.5, 0.6) is 0 Å². The summed E-state index contributed by atoms with van der Waals surface area (Å²) in [5.74, 6) is 0. The van der Waals surface area contributed by atoms with Gasteiger partial charge in [0, 0.05) is 81.9 Å². The number of pyridine rings is 6. The van der Waals surface area contributed by atoms with Gasteiger partial charge in [-0.2, -0.15) is 0 Å². The molecule has 0 bridgehead atoms. The molecule has 0 spiro atoms. The van der Waals surface area contributed by atoms with E-state index < -0.39 is 0 Å². The maximum Gasteiger partial charge on any atom is 0.0703 e. The molecule has 0 saturated carbocycles. The van der Waals surface area contributed by atoms with E-state index in [2.05, 4.69) is 227 Å². The molecule has 10 nitrogen and oxygen atoms in total. The number of aryl methyl sites for hydroxylation is 16. The van der Waals surface area contributed by atoms with Gasteiger partial charge in [0.25, 0.3) is 0 Å². The number of nitrogens with zero attached hydrogens (tertiary/aromatic N) is 10. The quantitative estimate of drug-likeness (QED) is 0.110. The Labute approximate surface area is 494 Å². The normalized spacial score (nSPS) is 11.6. The summed E-state index contributed by atoms with van der Waals surface area (Å²) in [6.45, 7) is 35.0. The van der Waals surface area contributed by atoms with E-state index in [0.29, 0.717) is 0 Å². The van der Waals surface area contributed by atoms with Gasteiger partial charge in [0.1, 0.15) is 0 Å². The molecule has 0 fully saturated rings. The van der Waals surface area contributed by atoms with E-state index >= 15 is 0 Å². The molecule has 0 unspecified atom stereocenters. The second-order valence-corrected chi connectivity index (χ2v) is 23.2. The number of benzene rings is 6. The van der Waals surface area contributed by atoms with Crippen LogP contribution >= 0.6 is 0 Å². The lowest BCUT2D eigenvalue weighted by Crippen LogP contribution is -2.20. The van der Waals surface area contributed by atoms with E-state index in [9.17, 15) is 0 Å². The van der Waals surface area contributed by atoms with Gasteiger partial charge in [0.05, 0.1) is 91.0 Å². The summed E-state index contributed by atoms with van der Waals surface area (Å²) < 4.78 is 0. The van der Waals surface area contributed by atoms with Gasteiger partial charge in [-0.3, -0.25) is 29.9 Å². The largest absolute Gasteiger partial charge is 0.307 e. The minimum absolute atomic E-state index is 0.917. The van der Waals surface area contributed by atoms with Crippen LogP contribution in [0, 0.1) is 111 Å². The predicted molar refractivity (Wildman–Crippen MR) is 351 cm³/mol. The fraction of sp³-hybridized carbons (Fsp3) is 0.216. The summed E-state index contributed by atoms with van der Waals surface area (Å²) in [7, 11) is 0. The molecule has 0 aliphatic carbocycles. The van der Waals surface area contributed by atoms with E-state index in [4.69, 9.17) is 29.9 Å². The highest BCUT2D eigenvalue weighted by molar-refractivity contribution is 6.33. The summed E-state index contributed by atoms with van der Waals surface area (Å²) in [4.78, 5) is 39.8. The van der Waals surface area contributed by atoms with Crippen molar-refractivity contribution in [2.75, 3.05) is 19.6 Å². The molecule has 0 N–H and O–H groups in total. The molecule has 6 heterocycles. The minimum Gasteiger partial charge on any atom is -0.307 e. The molecule has 0 aliphatic rings. The SMILES string of the molecule is Cc1cccc(C)c1N(c1c(C)ccnc1C)c1cc(N(c2c(C)cncc2C)c2c(C)ccnc2C)c2ccc3c(N(c4c(C)cncc4C)c4c(C)ccnc4C)cc(N(c4c(C)cccc4C)c4c(C)ccnc4C)c4ccc1c2c43. The Hall–Kier alpha value is -9.54. The van der Waals surface area contributed by atoms with Gasteiger partial charge in [-0.1, -0.05) is 60.7 Å². The lowest BCUT2D eigenvalue weighted by atomic mass is 9.88. The van der Waals surface area contributed by atoms with E-state index in [0.717, 1.165) is 190 Å². The third-order valence-corrected chi connectivity index (χ3v) is 17.2. The highest BCUT2D eigenvalue weighted by Crippen LogP contribution is 2.58. The summed E-state index contributed by atoms with van der Waals surface area (Å²) >= 11 is 0. The van der Waals surface area contributed by atoms with Crippen LogP contribution in [0.2, 0.25) is 0 Å². The summed E-state index contributed by atoms with van der Waals surface area (Å²) in [6, 6.07) is 36.2. The lowest BCUT2D eigenvalue weighted by Gasteiger charge is -2.37. The van der Waals surface area contributed by atoms with Gasteiger partial charge in [-0.05, 0) is 214 Å². The van der Waals surface area contributed by atoms with Crippen LogP contribution < -0.4 is 19.6 Å². The van der Waals surface area contributed by atoms with Crippen molar-refractivity contribution in [2.24, 2.45) is 0 Å². The van der Waals surface area contributed by atoms with Crippen molar-refractivity contribution in [1.82, 2.24) is 29.9 Å². The van der Waals surface area contributed by atoms with Crippen LogP contribution in [0.15, 0.2) is 147 Å². The molecule has 0 amide bonds. The van der Waals surface area contributed by atoms with E-state index in [1.807, 2.05) is 49.6 Å². The molecule has 6 aromatic carbocycles. The van der Waals surface area contributed by atoms with Crippen LogP contribution in [0.25, 0.3) is 32.3 Å². The smallest absolute Gasteiger partial charge is 0.0703 e. The van der Waals surface area contributed by atoms with E-state index in [1.165, 1.54) is 0 Å². The standard InChI is InChI=1S/C74H72N10/c1-41-19-17-20-42(2)67(41)81(71-45(5)27-31-77-53(71)13)61-35-63(83(69-49(9)37-75-38-50(69)10)73-47(7)29-33-79-55(73)15)59-25-26-60-64(84(70-51(11)39-76-40-52(70)12)74-48(8)30-34-80-56(74)16)36-62(58-24-23-57(61)65(59)66(58)60)82(68-43(3)21-18-22-44(68)4)72-46(6)28-32-78-54(72)14/h17-40H,1-16H3. The second-order valence-electron chi connectivity index (χ2n) is 23.2. The monoisotopic (exact) mass is 1100 g/mol. The third-order valence-electron chi connectivity index (χ3n) is 17.2. The fourth-order valence-electron chi connectivity index (χ4n) is 13.6. The van der Waals surface area contributed by atoms with Crippen molar-refractivity contribution in [3.63, 3.8) is 0 Å². The van der Waals surface area contributed by atoms with Crippen molar-refractivity contribution in [3.8, 4) is 0 Å². The van der Waals surface area contributed by atoms with Gasteiger partial charge >= 0.3 is 0 Å². The molecule has 84 heavy (non-hydrogen) atoms. The van der Waals surface area contributed by atoms with Crippen molar-refractivity contribution in [1.29, 1.82) is 0 Å². The van der Waals surface area contributed by atoms with Crippen LogP contribution in [-0.4, -0.2) is 29.9 Å². The fourth-order valence-corrected chi connectivity index (χ4v) is 13.6.